The summed E-state index contributed by atoms with van der Waals surface area (Å²) in [5.41, 5.74) is 1.93. The Morgan fingerprint density at radius 3 is 2.79 bits per heavy atom. The van der Waals surface area contributed by atoms with Crippen LogP contribution in [0.1, 0.15) is 5.56 Å². The van der Waals surface area contributed by atoms with Crippen molar-refractivity contribution < 1.29 is 8.81 Å². The number of fused-ring (bicyclic) bond motifs is 1. The molecule has 2 aromatic carbocycles. The number of hydrogen-bond donors (Lipinski definition) is 0. The number of benzene rings is 2. The number of aromatic nitrogens is 1. The van der Waals surface area contributed by atoms with Gasteiger partial charge in [0.1, 0.15) is 5.82 Å². The van der Waals surface area contributed by atoms with E-state index in [9.17, 15) is 9.18 Å². The maximum atomic E-state index is 13.3. The quantitative estimate of drug-likeness (QED) is 0.723. The van der Waals surface area contributed by atoms with Crippen LogP contribution >= 0.6 is 15.9 Å². The maximum Gasteiger partial charge on any atom is 0.420 e. The highest BCUT2D eigenvalue weighted by molar-refractivity contribution is 9.10. The molecular formula is C14H9BrFNO2. The Labute approximate surface area is 116 Å². The molecule has 1 aromatic heterocycles. The van der Waals surface area contributed by atoms with Crippen LogP contribution in [-0.2, 0) is 6.54 Å². The Morgan fingerprint density at radius 2 is 2.00 bits per heavy atom. The van der Waals surface area contributed by atoms with Crippen LogP contribution in [0.5, 0.6) is 0 Å². The lowest BCUT2D eigenvalue weighted by atomic mass is 10.2. The van der Waals surface area contributed by atoms with Gasteiger partial charge in [-0.05, 0) is 35.9 Å². The van der Waals surface area contributed by atoms with Crippen LogP contribution in [0.25, 0.3) is 11.1 Å². The Bertz CT molecular complexity index is 786. The first-order valence-electron chi connectivity index (χ1n) is 5.67. The fourth-order valence-corrected chi connectivity index (χ4v) is 2.56. The van der Waals surface area contributed by atoms with Crippen LogP contribution < -0.4 is 5.76 Å². The summed E-state index contributed by atoms with van der Waals surface area (Å²) in [4.78, 5) is 11.8. The van der Waals surface area contributed by atoms with E-state index in [1.165, 1.54) is 16.7 Å². The van der Waals surface area contributed by atoms with Crippen molar-refractivity contribution in [3.8, 4) is 0 Å². The summed E-state index contributed by atoms with van der Waals surface area (Å²) in [5.74, 6) is -0.785. The van der Waals surface area contributed by atoms with Crippen LogP contribution in [-0.4, -0.2) is 4.57 Å². The van der Waals surface area contributed by atoms with Gasteiger partial charge in [-0.25, -0.2) is 9.18 Å². The van der Waals surface area contributed by atoms with Crippen LogP contribution in [0.15, 0.2) is 56.1 Å². The van der Waals surface area contributed by atoms with Crippen LogP contribution in [0.4, 0.5) is 4.39 Å². The second-order valence-corrected chi connectivity index (χ2v) is 5.12. The Hall–Kier alpha value is -1.88. The minimum atomic E-state index is -0.443. The predicted octanol–water partition coefficient (Wildman–Crippen LogP) is 3.54. The topological polar surface area (TPSA) is 35.1 Å². The van der Waals surface area contributed by atoms with Crippen molar-refractivity contribution in [1.82, 2.24) is 4.57 Å². The first-order chi connectivity index (χ1) is 9.13. The smallest absolute Gasteiger partial charge is 0.408 e. The molecule has 3 rings (SSSR count). The van der Waals surface area contributed by atoms with Gasteiger partial charge in [-0.3, -0.25) is 4.57 Å². The van der Waals surface area contributed by atoms with Crippen molar-refractivity contribution in [1.29, 1.82) is 0 Å². The van der Waals surface area contributed by atoms with Gasteiger partial charge in [-0.15, -0.1) is 0 Å². The van der Waals surface area contributed by atoms with Gasteiger partial charge < -0.3 is 4.42 Å². The summed E-state index contributed by atoms with van der Waals surface area (Å²) < 4.78 is 20.6. The molecule has 1 heterocycles. The van der Waals surface area contributed by atoms with Crippen molar-refractivity contribution in [2.45, 2.75) is 6.54 Å². The van der Waals surface area contributed by atoms with Gasteiger partial charge in [0.2, 0.25) is 0 Å². The van der Waals surface area contributed by atoms with E-state index < -0.39 is 5.76 Å². The summed E-state index contributed by atoms with van der Waals surface area (Å²) in [6.07, 6.45) is 0. The fourth-order valence-electron chi connectivity index (χ4n) is 2.05. The first-order valence-corrected chi connectivity index (χ1v) is 6.46. The van der Waals surface area contributed by atoms with E-state index in [1.807, 2.05) is 6.07 Å². The molecule has 3 aromatic rings. The minimum Gasteiger partial charge on any atom is -0.408 e. The summed E-state index contributed by atoms with van der Waals surface area (Å²) in [7, 11) is 0. The zero-order chi connectivity index (χ0) is 13.4. The average Bonchev–Trinajstić information content (AvgIpc) is 2.65. The van der Waals surface area contributed by atoms with E-state index in [0.29, 0.717) is 21.1 Å². The highest BCUT2D eigenvalue weighted by Crippen LogP contribution is 2.18. The van der Waals surface area contributed by atoms with E-state index in [2.05, 4.69) is 15.9 Å². The Kier molecular flexibility index (Phi) is 2.98. The first kappa shape index (κ1) is 12.2. The van der Waals surface area contributed by atoms with E-state index in [-0.39, 0.29) is 12.4 Å². The van der Waals surface area contributed by atoms with Gasteiger partial charge >= 0.3 is 5.76 Å². The minimum absolute atomic E-state index is 0.270. The third-order valence-electron chi connectivity index (χ3n) is 2.84. The molecule has 96 valence electrons. The van der Waals surface area contributed by atoms with Gasteiger partial charge in [0.15, 0.2) is 5.58 Å². The molecule has 0 fully saturated rings. The molecule has 0 N–H and O–H groups in total. The number of rotatable bonds is 2. The predicted molar refractivity (Wildman–Crippen MR) is 73.7 cm³/mol. The van der Waals surface area contributed by atoms with E-state index in [4.69, 9.17) is 4.42 Å². The zero-order valence-electron chi connectivity index (χ0n) is 9.77. The molecule has 0 unspecified atom stereocenters. The SMILES string of the molecule is O=c1oc2ccccc2n1Cc1cc(F)cc(Br)c1. The Balaban J connectivity index is 2.10. The zero-order valence-corrected chi connectivity index (χ0v) is 11.4. The summed E-state index contributed by atoms with van der Waals surface area (Å²) >= 11 is 3.23. The molecule has 19 heavy (non-hydrogen) atoms. The lowest BCUT2D eigenvalue weighted by Gasteiger charge is -2.04. The molecule has 0 radical (unpaired) electrons. The van der Waals surface area contributed by atoms with Gasteiger partial charge in [-0.1, -0.05) is 28.1 Å². The number of halogens is 2. The molecular weight excluding hydrogens is 313 g/mol. The molecule has 0 saturated carbocycles. The fraction of sp³-hybridized carbons (Fsp3) is 0.0714. The molecule has 3 nitrogen and oxygen atoms in total. The van der Waals surface area contributed by atoms with E-state index >= 15 is 0 Å². The molecule has 0 atom stereocenters. The van der Waals surface area contributed by atoms with Crippen molar-refractivity contribution in [3.05, 3.63) is 68.9 Å². The second-order valence-electron chi connectivity index (χ2n) is 4.20. The molecule has 0 aliphatic carbocycles. The molecule has 0 aliphatic rings. The number of nitrogens with zero attached hydrogens (tertiary/aromatic N) is 1. The monoisotopic (exact) mass is 321 g/mol. The number of oxazole rings is 1. The number of para-hydroxylation sites is 2. The molecule has 0 spiro atoms. The summed E-state index contributed by atoms with van der Waals surface area (Å²) in [6.45, 7) is 0.270. The standard InChI is InChI=1S/C14H9BrFNO2/c15-10-5-9(6-11(16)7-10)8-17-12-3-1-2-4-13(12)19-14(17)18/h1-7H,8H2. The van der Waals surface area contributed by atoms with Gasteiger partial charge in [0.25, 0.3) is 0 Å². The normalized spacial score (nSPS) is 11.1. The molecule has 0 bridgehead atoms. The maximum absolute atomic E-state index is 13.3. The van der Waals surface area contributed by atoms with Crippen LogP contribution in [0.2, 0.25) is 0 Å². The Morgan fingerprint density at radius 1 is 1.21 bits per heavy atom. The van der Waals surface area contributed by atoms with E-state index in [0.717, 1.165) is 0 Å². The highest BCUT2D eigenvalue weighted by atomic mass is 79.9. The van der Waals surface area contributed by atoms with Crippen molar-refractivity contribution >= 4 is 27.0 Å². The largest absolute Gasteiger partial charge is 0.420 e. The lowest BCUT2D eigenvalue weighted by Crippen LogP contribution is -2.14. The lowest BCUT2D eigenvalue weighted by molar-refractivity contribution is 0.517. The molecule has 0 saturated heterocycles. The second kappa shape index (κ2) is 4.66. The van der Waals surface area contributed by atoms with Gasteiger partial charge in [-0.2, -0.15) is 0 Å². The number of hydrogen-bond acceptors (Lipinski definition) is 2. The third kappa shape index (κ3) is 2.33. The summed E-state index contributed by atoms with van der Waals surface area (Å²) in [6, 6.07) is 11.7. The van der Waals surface area contributed by atoms with Crippen LogP contribution in [0.3, 0.4) is 0 Å². The van der Waals surface area contributed by atoms with Crippen molar-refractivity contribution in [2.24, 2.45) is 0 Å². The molecule has 0 amide bonds. The molecule has 0 aliphatic heterocycles. The van der Waals surface area contributed by atoms with Gasteiger partial charge in [0, 0.05) is 4.47 Å². The summed E-state index contributed by atoms with van der Waals surface area (Å²) in [5, 5.41) is 0. The van der Waals surface area contributed by atoms with Gasteiger partial charge in [0.05, 0.1) is 12.1 Å². The third-order valence-corrected chi connectivity index (χ3v) is 3.29. The van der Waals surface area contributed by atoms with Crippen molar-refractivity contribution in [2.75, 3.05) is 0 Å². The van der Waals surface area contributed by atoms with Crippen molar-refractivity contribution in [3.63, 3.8) is 0 Å². The van der Waals surface area contributed by atoms with E-state index in [1.54, 1.807) is 24.3 Å². The molecule has 5 heteroatoms. The van der Waals surface area contributed by atoms with Crippen LogP contribution in [0, 0.1) is 5.82 Å². The highest BCUT2D eigenvalue weighted by Gasteiger charge is 2.09. The average molecular weight is 322 g/mol.